The first-order chi connectivity index (χ1) is 20.1. The van der Waals surface area contributed by atoms with Gasteiger partial charge in [-0.1, -0.05) is 35.9 Å². The number of aromatic nitrogens is 2. The van der Waals surface area contributed by atoms with Gasteiger partial charge < -0.3 is 20.0 Å². The van der Waals surface area contributed by atoms with E-state index < -0.39 is 10.0 Å². The molecule has 5 rings (SSSR count). The minimum Gasteiger partial charge on any atom is -0.367 e. The number of amides is 1. The van der Waals surface area contributed by atoms with Crippen molar-refractivity contribution in [3.63, 3.8) is 0 Å². The van der Waals surface area contributed by atoms with Crippen molar-refractivity contribution in [1.82, 2.24) is 28.8 Å². The number of likely N-dealkylation sites (tertiary alicyclic amines) is 1. The second-order valence-corrected chi connectivity index (χ2v) is 13.6. The van der Waals surface area contributed by atoms with E-state index in [-0.39, 0.29) is 30.3 Å². The van der Waals surface area contributed by atoms with Crippen LogP contribution in [0.4, 0.5) is 5.69 Å². The largest absolute Gasteiger partial charge is 0.367 e. The molecule has 4 heterocycles. The Morgan fingerprint density at radius 3 is 2.48 bits per heavy atom. The maximum atomic E-state index is 13.4. The van der Waals surface area contributed by atoms with Crippen molar-refractivity contribution in [2.75, 3.05) is 58.3 Å². The molecule has 0 saturated carbocycles. The Morgan fingerprint density at radius 2 is 1.81 bits per heavy atom. The van der Waals surface area contributed by atoms with Crippen LogP contribution in [-0.2, 0) is 27.1 Å². The van der Waals surface area contributed by atoms with Crippen LogP contribution in [0.5, 0.6) is 0 Å². The first-order valence-corrected chi connectivity index (χ1v) is 16.5. The third-order valence-electron chi connectivity index (χ3n) is 8.40. The number of anilines is 1. The van der Waals surface area contributed by atoms with Gasteiger partial charge in [-0.05, 0) is 45.4 Å². The molecule has 0 spiro atoms. The number of carbonyl (C=O) groups is 1. The Labute approximate surface area is 253 Å². The van der Waals surface area contributed by atoms with E-state index >= 15 is 0 Å². The minimum absolute atomic E-state index is 0.0727. The van der Waals surface area contributed by atoms with Crippen LogP contribution in [0.3, 0.4) is 0 Å². The van der Waals surface area contributed by atoms with E-state index in [4.69, 9.17) is 16.6 Å². The molecule has 11 nitrogen and oxygen atoms in total. The maximum Gasteiger partial charge on any atom is 0.244 e. The summed E-state index contributed by atoms with van der Waals surface area (Å²) in [5.74, 6) is -0.00169. The van der Waals surface area contributed by atoms with Crippen LogP contribution in [0, 0.1) is 0 Å². The molecule has 3 aliphatic heterocycles. The van der Waals surface area contributed by atoms with Crippen molar-refractivity contribution in [1.29, 1.82) is 0 Å². The van der Waals surface area contributed by atoms with Crippen LogP contribution in [0.1, 0.15) is 32.3 Å². The van der Waals surface area contributed by atoms with Crippen molar-refractivity contribution < 1.29 is 13.2 Å². The van der Waals surface area contributed by atoms with Gasteiger partial charge in [0.25, 0.3) is 0 Å². The number of nitrogens with zero attached hydrogens (tertiary/aromatic N) is 7. The highest BCUT2D eigenvalue weighted by atomic mass is 35.5. The molecule has 0 aliphatic carbocycles. The lowest BCUT2D eigenvalue weighted by molar-refractivity contribution is -0.133. The fourth-order valence-corrected chi connectivity index (χ4v) is 8.52. The average molecular weight is 617 g/mol. The van der Waals surface area contributed by atoms with Crippen molar-refractivity contribution >= 4 is 38.9 Å². The van der Waals surface area contributed by atoms with Crippen molar-refractivity contribution in [2.24, 2.45) is 4.99 Å². The van der Waals surface area contributed by atoms with Gasteiger partial charge in [-0.3, -0.25) is 14.5 Å². The van der Waals surface area contributed by atoms with Gasteiger partial charge in [-0.15, -0.1) is 0 Å². The summed E-state index contributed by atoms with van der Waals surface area (Å²) in [6, 6.07) is 7.00. The molecule has 0 radical (unpaired) electrons. The van der Waals surface area contributed by atoms with Gasteiger partial charge in [0.1, 0.15) is 13.2 Å². The van der Waals surface area contributed by atoms with E-state index in [1.807, 2.05) is 43.2 Å². The first-order valence-electron chi connectivity index (χ1n) is 14.5. The molecule has 2 bridgehead atoms. The van der Waals surface area contributed by atoms with E-state index in [0.29, 0.717) is 30.3 Å². The number of nitrogens with one attached hydrogen (secondary N) is 1. The summed E-state index contributed by atoms with van der Waals surface area (Å²) >= 11 is 6.27. The molecule has 228 valence electrons. The second kappa shape index (κ2) is 13.2. The molecule has 3 saturated heterocycles. The van der Waals surface area contributed by atoms with Crippen LogP contribution in [0.2, 0.25) is 5.02 Å². The standard InChI is InChI=1S/C29H41ClN8O3S/c1-4-28(22(2)31-21-32-24-15-33-37(16-24)19-29(39)35-13-11-34(3)12-14-35)36-17-25-9-10-26(18-36)38(25)42(40,41)20-23-7-5-6-8-27(23)30/h4-8,15-16,25-26,32H,9-14,17-21H2,1-3H3/b28-4+,31-22?. The molecule has 3 aliphatic rings. The predicted molar refractivity (Wildman–Crippen MR) is 166 cm³/mol. The van der Waals surface area contributed by atoms with Crippen LogP contribution >= 0.6 is 11.6 Å². The van der Waals surface area contributed by atoms with Gasteiger partial charge in [0.2, 0.25) is 15.9 Å². The molecular weight excluding hydrogens is 576 g/mol. The molecule has 3 fully saturated rings. The van der Waals surface area contributed by atoms with E-state index in [0.717, 1.165) is 56.1 Å². The second-order valence-electron chi connectivity index (χ2n) is 11.3. The molecule has 1 aromatic heterocycles. The number of allylic oxidation sites excluding steroid dienone is 2. The summed E-state index contributed by atoms with van der Waals surface area (Å²) in [7, 11) is -1.43. The molecule has 1 aromatic carbocycles. The van der Waals surface area contributed by atoms with E-state index in [2.05, 4.69) is 27.3 Å². The zero-order valence-electron chi connectivity index (χ0n) is 24.6. The normalized spacial score (nSPS) is 22.6. The lowest BCUT2D eigenvalue weighted by Crippen LogP contribution is -2.55. The van der Waals surface area contributed by atoms with Gasteiger partial charge >= 0.3 is 0 Å². The Morgan fingerprint density at radius 1 is 1.12 bits per heavy atom. The summed E-state index contributed by atoms with van der Waals surface area (Å²) in [5.41, 5.74) is 3.34. The average Bonchev–Trinajstić information content (AvgIpc) is 3.52. The first kappa shape index (κ1) is 30.5. The zero-order chi connectivity index (χ0) is 29.9. The number of aliphatic imine (C=N–C) groups is 1. The molecule has 2 unspecified atom stereocenters. The number of piperazine rings is 2. The van der Waals surface area contributed by atoms with Crippen molar-refractivity contribution in [3.05, 3.63) is 59.0 Å². The SMILES string of the molecule is C/C=C(\C(C)=NCNc1cnn(CC(=O)N2CCN(C)CC2)c1)N1CC2CCC(C1)N2S(=O)(=O)Cc1ccccc1Cl. The number of rotatable bonds is 10. The van der Waals surface area contributed by atoms with Crippen LogP contribution in [-0.4, -0.2) is 114 Å². The van der Waals surface area contributed by atoms with E-state index in [1.54, 1.807) is 27.3 Å². The summed E-state index contributed by atoms with van der Waals surface area (Å²) in [5, 5.41) is 8.09. The Kier molecular flexibility index (Phi) is 9.56. The third kappa shape index (κ3) is 6.99. The number of halogens is 1. The number of carbonyl (C=O) groups excluding carboxylic acids is 1. The summed E-state index contributed by atoms with van der Waals surface area (Å²) < 4.78 is 30.3. The van der Waals surface area contributed by atoms with E-state index in [9.17, 15) is 13.2 Å². The summed E-state index contributed by atoms with van der Waals surface area (Å²) in [6.45, 7) is 9.10. The molecule has 1 amide bonds. The van der Waals surface area contributed by atoms with Crippen LogP contribution in [0.15, 0.2) is 53.4 Å². The number of benzene rings is 1. The highest BCUT2D eigenvalue weighted by Gasteiger charge is 2.46. The van der Waals surface area contributed by atoms with Crippen LogP contribution in [0.25, 0.3) is 0 Å². The summed E-state index contributed by atoms with van der Waals surface area (Å²) in [6.07, 6.45) is 7.28. The number of hydrogen-bond donors (Lipinski definition) is 1. The fourth-order valence-electron chi connectivity index (χ4n) is 6.19. The Balaban J connectivity index is 1.14. The number of likely N-dealkylation sites (N-methyl/N-ethyl adjacent to an activating group) is 1. The van der Waals surface area contributed by atoms with Crippen LogP contribution < -0.4 is 5.32 Å². The highest BCUT2D eigenvalue weighted by Crippen LogP contribution is 2.36. The highest BCUT2D eigenvalue weighted by molar-refractivity contribution is 7.88. The Hall–Kier alpha value is -2.93. The van der Waals surface area contributed by atoms with Gasteiger partial charge in [0, 0.05) is 62.6 Å². The lowest BCUT2D eigenvalue weighted by atomic mass is 10.1. The van der Waals surface area contributed by atoms with Crippen molar-refractivity contribution in [2.45, 2.75) is 51.1 Å². The molecule has 2 aromatic rings. The zero-order valence-corrected chi connectivity index (χ0v) is 26.2. The van der Waals surface area contributed by atoms with Gasteiger partial charge in [0.15, 0.2) is 0 Å². The monoisotopic (exact) mass is 616 g/mol. The molecule has 2 atom stereocenters. The van der Waals surface area contributed by atoms with E-state index in [1.165, 1.54) is 0 Å². The fraction of sp³-hybridized carbons (Fsp3) is 0.552. The predicted octanol–water partition coefficient (Wildman–Crippen LogP) is 2.72. The smallest absolute Gasteiger partial charge is 0.244 e. The quantitative estimate of drug-likeness (QED) is 0.409. The topological polar surface area (TPSA) is 106 Å². The lowest BCUT2D eigenvalue weighted by Gasteiger charge is -2.42. The molecule has 13 heteroatoms. The maximum absolute atomic E-state index is 13.4. The molecule has 1 N–H and O–H groups in total. The van der Waals surface area contributed by atoms with Crippen molar-refractivity contribution in [3.8, 4) is 0 Å². The molecular formula is C29H41ClN8O3S. The molecule has 42 heavy (non-hydrogen) atoms. The summed E-state index contributed by atoms with van der Waals surface area (Å²) in [4.78, 5) is 23.8. The number of hydrogen-bond acceptors (Lipinski definition) is 8. The van der Waals surface area contributed by atoms with Gasteiger partial charge in [0.05, 0.1) is 29.0 Å². The van der Waals surface area contributed by atoms with Gasteiger partial charge in [-0.25, -0.2) is 8.42 Å². The number of fused-ring (bicyclic) bond motifs is 2. The minimum atomic E-state index is -3.50. The Bertz CT molecular complexity index is 1420. The van der Waals surface area contributed by atoms with Gasteiger partial charge in [-0.2, -0.15) is 9.40 Å². The third-order valence-corrected chi connectivity index (χ3v) is 10.7. The number of sulfonamides is 1.